The van der Waals surface area contributed by atoms with Gasteiger partial charge in [-0.15, -0.1) is 0 Å². The molecule has 118 valence electrons. The topological polar surface area (TPSA) is 58.2 Å². The van der Waals surface area contributed by atoms with Crippen LogP contribution in [0.4, 0.5) is 0 Å². The lowest BCUT2D eigenvalue weighted by Crippen LogP contribution is -2.39. The lowest BCUT2D eigenvalue weighted by molar-refractivity contribution is 0.306. The molecule has 0 spiro atoms. The van der Waals surface area contributed by atoms with Crippen molar-refractivity contribution in [2.75, 3.05) is 18.8 Å². The molecule has 1 unspecified atom stereocenters. The molecule has 0 radical (unpaired) electrons. The number of halogens is 2. The first-order valence-corrected chi connectivity index (χ1v) is 9.49. The first-order valence-electron chi connectivity index (χ1n) is 7.08. The van der Waals surface area contributed by atoms with Crippen LogP contribution in [0.25, 0.3) is 0 Å². The minimum Gasteiger partial charge on any atom is -0.317 e. The predicted octanol–water partition coefficient (Wildman–Crippen LogP) is 2.97. The average Bonchev–Trinajstić information content (AvgIpc) is 2.49. The number of hydrogen-bond acceptors (Lipinski definition) is 3. The molecule has 1 saturated heterocycles. The van der Waals surface area contributed by atoms with Crippen LogP contribution in [0.3, 0.4) is 0 Å². The quantitative estimate of drug-likeness (QED) is 0.858. The zero-order valence-corrected chi connectivity index (χ0v) is 14.2. The van der Waals surface area contributed by atoms with Crippen molar-refractivity contribution in [1.29, 1.82) is 0 Å². The molecule has 0 saturated carbocycles. The highest BCUT2D eigenvalue weighted by Crippen LogP contribution is 2.33. The monoisotopic (exact) mass is 350 g/mol. The maximum atomic E-state index is 12.0. The third-order valence-corrected chi connectivity index (χ3v) is 5.96. The highest BCUT2D eigenvalue weighted by Gasteiger charge is 2.28. The Morgan fingerprint density at radius 1 is 1.29 bits per heavy atom. The Balaban J connectivity index is 2.31. The molecule has 0 amide bonds. The summed E-state index contributed by atoms with van der Waals surface area (Å²) in [6.45, 7) is 3.43. The van der Waals surface area contributed by atoms with Crippen molar-refractivity contribution in [3.63, 3.8) is 0 Å². The number of sulfonamides is 1. The minimum atomic E-state index is -3.29. The summed E-state index contributed by atoms with van der Waals surface area (Å²) in [5.74, 6) is 0.320. The molecule has 1 heterocycles. The van der Waals surface area contributed by atoms with Gasteiger partial charge >= 0.3 is 0 Å². The molecule has 0 bridgehead atoms. The van der Waals surface area contributed by atoms with Gasteiger partial charge in [-0.05, 0) is 56.5 Å². The van der Waals surface area contributed by atoms with Gasteiger partial charge in [0.1, 0.15) is 0 Å². The van der Waals surface area contributed by atoms with Crippen molar-refractivity contribution in [2.24, 2.45) is 5.92 Å². The molecule has 2 rings (SSSR count). The first-order chi connectivity index (χ1) is 9.93. The Hall–Kier alpha value is -0.330. The van der Waals surface area contributed by atoms with Crippen LogP contribution in [0.5, 0.6) is 0 Å². The predicted molar refractivity (Wildman–Crippen MR) is 87.4 cm³/mol. The Bertz CT molecular complexity index is 587. The molecule has 21 heavy (non-hydrogen) atoms. The Morgan fingerprint density at radius 3 is 2.52 bits per heavy atom. The van der Waals surface area contributed by atoms with E-state index in [-0.39, 0.29) is 17.7 Å². The number of hydrogen-bond donors (Lipinski definition) is 2. The highest BCUT2D eigenvalue weighted by atomic mass is 35.5. The van der Waals surface area contributed by atoms with Crippen molar-refractivity contribution in [3.8, 4) is 0 Å². The van der Waals surface area contributed by atoms with Crippen LogP contribution >= 0.6 is 23.2 Å². The van der Waals surface area contributed by atoms with Gasteiger partial charge in [0, 0.05) is 6.04 Å². The van der Waals surface area contributed by atoms with E-state index in [1.54, 1.807) is 19.1 Å². The normalized spacial score (nSPS) is 18.6. The van der Waals surface area contributed by atoms with Crippen LogP contribution in [-0.4, -0.2) is 27.3 Å². The van der Waals surface area contributed by atoms with Crippen molar-refractivity contribution in [3.05, 3.63) is 33.8 Å². The van der Waals surface area contributed by atoms with Crippen LogP contribution in [0.2, 0.25) is 10.0 Å². The zero-order valence-electron chi connectivity index (χ0n) is 11.9. The van der Waals surface area contributed by atoms with Crippen LogP contribution in [0.15, 0.2) is 18.2 Å². The van der Waals surface area contributed by atoms with E-state index in [4.69, 9.17) is 23.2 Å². The molecule has 1 atom stereocenters. The summed E-state index contributed by atoms with van der Waals surface area (Å²) in [5.41, 5.74) is 0.869. The van der Waals surface area contributed by atoms with E-state index in [0.29, 0.717) is 10.0 Å². The summed E-state index contributed by atoms with van der Waals surface area (Å²) in [6.07, 6.45) is 1.86. The molecular formula is C14H20Cl2N2O2S. The van der Waals surface area contributed by atoms with E-state index in [9.17, 15) is 8.42 Å². The summed E-state index contributed by atoms with van der Waals surface area (Å²) >= 11 is 12.0. The van der Waals surface area contributed by atoms with Gasteiger partial charge in [0.15, 0.2) is 0 Å². The van der Waals surface area contributed by atoms with Crippen LogP contribution in [0, 0.1) is 5.92 Å². The number of benzene rings is 1. The Labute approximate surface area is 136 Å². The SMILES string of the molecule is CCS(=O)(=O)NC(c1ccc(Cl)c(Cl)c1)C1CCNCC1. The standard InChI is InChI=1S/C14H20Cl2N2O2S/c1-2-21(19,20)18-14(10-5-7-17-8-6-10)11-3-4-12(15)13(16)9-11/h3-4,9-10,14,17-18H,2,5-8H2,1H3. The smallest absolute Gasteiger partial charge is 0.211 e. The second-order valence-electron chi connectivity index (χ2n) is 5.26. The van der Waals surface area contributed by atoms with E-state index in [2.05, 4.69) is 10.0 Å². The Kier molecular flexibility index (Phi) is 5.91. The summed E-state index contributed by atoms with van der Waals surface area (Å²) in [6, 6.07) is 5.06. The highest BCUT2D eigenvalue weighted by molar-refractivity contribution is 7.89. The van der Waals surface area contributed by atoms with E-state index in [0.717, 1.165) is 31.5 Å². The lowest BCUT2D eigenvalue weighted by Gasteiger charge is -2.31. The molecule has 2 N–H and O–H groups in total. The third kappa shape index (κ3) is 4.57. The van der Waals surface area contributed by atoms with Gasteiger partial charge in [-0.25, -0.2) is 13.1 Å². The van der Waals surface area contributed by atoms with Gasteiger partial charge in [-0.1, -0.05) is 29.3 Å². The van der Waals surface area contributed by atoms with Gasteiger partial charge in [0.05, 0.1) is 15.8 Å². The number of nitrogens with one attached hydrogen (secondary N) is 2. The maximum Gasteiger partial charge on any atom is 0.211 e. The van der Waals surface area contributed by atoms with Crippen LogP contribution in [0.1, 0.15) is 31.4 Å². The fourth-order valence-corrected chi connectivity index (χ4v) is 3.79. The third-order valence-electron chi connectivity index (χ3n) is 3.84. The van der Waals surface area contributed by atoms with Crippen LogP contribution in [-0.2, 0) is 10.0 Å². The van der Waals surface area contributed by atoms with E-state index in [1.807, 2.05) is 6.07 Å². The van der Waals surface area contributed by atoms with Gasteiger partial charge in [-0.3, -0.25) is 0 Å². The molecule has 1 aliphatic rings. The molecule has 1 aromatic rings. The maximum absolute atomic E-state index is 12.0. The molecule has 1 aromatic carbocycles. The Morgan fingerprint density at radius 2 is 1.95 bits per heavy atom. The van der Waals surface area contributed by atoms with Gasteiger partial charge in [-0.2, -0.15) is 0 Å². The summed E-state index contributed by atoms with van der Waals surface area (Å²) in [4.78, 5) is 0. The number of piperidine rings is 1. The molecule has 1 aliphatic heterocycles. The first kappa shape index (κ1) is 17.0. The molecule has 1 fully saturated rings. The number of rotatable bonds is 5. The molecular weight excluding hydrogens is 331 g/mol. The lowest BCUT2D eigenvalue weighted by atomic mass is 9.86. The molecule has 7 heteroatoms. The zero-order chi connectivity index (χ0) is 15.5. The van der Waals surface area contributed by atoms with Crippen LogP contribution < -0.4 is 10.0 Å². The van der Waals surface area contributed by atoms with Gasteiger partial charge < -0.3 is 5.32 Å². The van der Waals surface area contributed by atoms with E-state index < -0.39 is 10.0 Å². The average molecular weight is 351 g/mol. The fraction of sp³-hybridized carbons (Fsp3) is 0.571. The van der Waals surface area contributed by atoms with E-state index >= 15 is 0 Å². The summed E-state index contributed by atoms with van der Waals surface area (Å²) in [5, 5.41) is 4.22. The van der Waals surface area contributed by atoms with Crippen molar-refractivity contribution in [1.82, 2.24) is 10.0 Å². The largest absolute Gasteiger partial charge is 0.317 e. The summed E-state index contributed by atoms with van der Waals surface area (Å²) < 4.78 is 26.8. The van der Waals surface area contributed by atoms with Crippen molar-refractivity contribution < 1.29 is 8.42 Å². The van der Waals surface area contributed by atoms with Crippen molar-refractivity contribution >= 4 is 33.2 Å². The minimum absolute atomic E-state index is 0.0653. The molecule has 0 aliphatic carbocycles. The second-order valence-corrected chi connectivity index (χ2v) is 8.12. The van der Waals surface area contributed by atoms with E-state index in [1.165, 1.54) is 0 Å². The van der Waals surface area contributed by atoms with Crippen molar-refractivity contribution in [2.45, 2.75) is 25.8 Å². The fourth-order valence-electron chi connectivity index (χ4n) is 2.60. The molecule has 0 aromatic heterocycles. The summed E-state index contributed by atoms with van der Waals surface area (Å²) in [7, 11) is -3.29. The second kappa shape index (κ2) is 7.29. The van der Waals surface area contributed by atoms with Gasteiger partial charge in [0.25, 0.3) is 0 Å². The molecule has 4 nitrogen and oxygen atoms in total. The van der Waals surface area contributed by atoms with Gasteiger partial charge in [0.2, 0.25) is 10.0 Å².